The second-order valence-corrected chi connectivity index (χ2v) is 6.70. The number of anilines is 1. The Hall–Kier alpha value is -2.81. The summed E-state index contributed by atoms with van der Waals surface area (Å²) in [5, 5.41) is 12.6. The molecule has 2 N–H and O–H groups in total. The van der Waals surface area contributed by atoms with E-state index in [1.807, 2.05) is 10.1 Å². The lowest BCUT2D eigenvalue weighted by Gasteiger charge is -2.15. The molecule has 26 heavy (non-hydrogen) atoms. The van der Waals surface area contributed by atoms with E-state index in [1.54, 1.807) is 30.9 Å². The summed E-state index contributed by atoms with van der Waals surface area (Å²) in [5.74, 6) is 0.682. The number of thiazole rings is 1. The molecule has 0 fully saturated rings. The lowest BCUT2D eigenvalue weighted by molar-refractivity contribution is 0.251. The van der Waals surface area contributed by atoms with Crippen LogP contribution in [0.2, 0.25) is 0 Å². The molecule has 0 bridgehead atoms. The fourth-order valence-electron chi connectivity index (χ4n) is 2.55. The van der Waals surface area contributed by atoms with Gasteiger partial charge >= 0.3 is 6.03 Å². The molecule has 3 heterocycles. The third-order valence-electron chi connectivity index (χ3n) is 3.80. The van der Waals surface area contributed by atoms with Gasteiger partial charge in [0.1, 0.15) is 16.5 Å². The van der Waals surface area contributed by atoms with Crippen LogP contribution in [0.5, 0.6) is 0 Å². The lowest BCUT2D eigenvalue weighted by Crippen LogP contribution is -2.29. The fourth-order valence-corrected chi connectivity index (χ4v) is 3.33. The zero-order valence-electron chi connectivity index (χ0n) is 14.7. The van der Waals surface area contributed by atoms with Gasteiger partial charge in [0.25, 0.3) is 0 Å². The quantitative estimate of drug-likeness (QED) is 0.663. The van der Waals surface area contributed by atoms with Crippen molar-refractivity contribution in [3.63, 3.8) is 0 Å². The van der Waals surface area contributed by atoms with Gasteiger partial charge in [0.2, 0.25) is 0 Å². The molecule has 0 saturated heterocycles. The van der Waals surface area contributed by atoms with Crippen LogP contribution in [0.3, 0.4) is 0 Å². The first-order chi connectivity index (χ1) is 12.7. The van der Waals surface area contributed by atoms with E-state index in [0.29, 0.717) is 12.4 Å². The maximum Gasteiger partial charge on any atom is 0.320 e. The van der Waals surface area contributed by atoms with E-state index >= 15 is 0 Å². The van der Waals surface area contributed by atoms with Gasteiger partial charge in [-0.05, 0) is 13.3 Å². The molecule has 0 aromatic carbocycles. The second-order valence-electron chi connectivity index (χ2n) is 5.84. The summed E-state index contributed by atoms with van der Waals surface area (Å²) in [6.45, 7) is 4.55. The minimum atomic E-state index is -0.287. The van der Waals surface area contributed by atoms with Gasteiger partial charge in [-0.1, -0.05) is 13.3 Å². The van der Waals surface area contributed by atoms with E-state index < -0.39 is 0 Å². The monoisotopic (exact) mass is 371 g/mol. The summed E-state index contributed by atoms with van der Waals surface area (Å²) in [7, 11) is 0. The third kappa shape index (κ3) is 4.42. The molecule has 0 aliphatic carbocycles. The highest BCUT2D eigenvalue weighted by Crippen LogP contribution is 2.21. The highest BCUT2D eigenvalue weighted by Gasteiger charge is 2.12. The highest BCUT2D eigenvalue weighted by atomic mass is 32.1. The summed E-state index contributed by atoms with van der Waals surface area (Å²) in [4.78, 5) is 24.9. The van der Waals surface area contributed by atoms with Crippen LogP contribution in [0.1, 0.15) is 38.4 Å². The van der Waals surface area contributed by atoms with E-state index in [-0.39, 0.29) is 12.1 Å². The standard InChI is InChI=1S/C17H21N7OS/c1-3-4-12(2)24-15(5-6-21-24)23-17(25)20-9-13-11-26-16(22-13)14-10-18-7-8-19-14/h5-8,10-12H,3-4,9H2,1-2H3,(H2,20,23,25)/t12-/m0/s1. The molecule has 0 unspecified atom stereocenters. The predicted octanol–water partition coefficient (Wildman–Crippen LogP) is 3.48. The van der Waals surface area contributed by atoms with E-state index in [9.17, 15) is 4.79 Å². The number of hydrogen-bond acceptors (Lipinski definition) is 6. The molecule has 1 atom stereocenters. The molecule has 0 saturated carbocycles. The molecule has 9 heteroatoms. The van der Waals surface area contributed by atoms with E-state index in [4.69, 9.17) is 0 Å². The van der Waals surface area contributed by atoms with Gasteiger partial charge in [-0.3, -0.25) is 15.3 Å². The van der Waals surface area contributed by atoms with Crippen LogP contribution in [0.4, 0.5) is 10.6 Å². The first-order valence-electron chi connectivity index (χ1n) is 8.46. The number of nitrogens with zero attached hydrogens (tertiary/aromatic N) is 5. The average Bonchev–Trinajstić information content (AvgIpc) is 3.30. The Morgan fingerprint density at radius 3 is 3.00 bits per heavy atom. The van der Waals surface area contributed by atoms with Gasteiger partial charge in [0.15, 0.2) is 0 Å². The van der Waals surface area contributed by atoms with Crippen LogP contribution in [0.15, 0.2) is 36.2 Å². The van der Waals surface area contributed by atoms with Crippen molar-refractivity contribution in [2.75, 3.05) is 5.32 Å². The second kappa shape index (κ2) is 8.52. The SMILES string of the molecule is CCC[C@H](C)n1nccc1NC(=O)NCc1csc(-c2cnccn2)n1. The molecular formula is C17H21N7OS. The first-order valence-corrected chi connectivity index (χ1v) is 9.34. The summed E-state index contributed by atoms with van der Waals surface area (Å²) in [5.41, 5.74) is 1.50. The normalized spacial score (nSPS) is 11.9. The Morgan fingerprint density at radius 1 is 1.35 bits per heavy atom. The Morgan fingerprint density at radius 2 is 2.23 bits per heavy atom. The number of rotatable bonds is 7. The van der Waals surface area contributed by atoms with Gasteiger partial charge in [0, 0.05) is 23.8 Å². The number of hydrogen-bond donors (Lipinski definition) is 2. The smallest absolute Gasteiger partial charge is 0.320 e. The van der Waals surface area contributed by atoms with Crippen molar-refractivity contribution in [1.82, 2.24) is 30.0 Å². The van der Waals surface area contributed by atoms with E-state index in [0.717, 1.165) is 29.2 Å². The van der Waals surface area contributed by atoms with Gasteiger partial charge in [-0.2, -0.15) is 5.10 Å². The largest absolute Gasteiger partial charge is 0.332 e. The zero-order chi connectivity index (χ0) is 18.4. The number of nitrogens with one attached hydrogen (secondary N) is 2. The number of amides is 2. The Balaban J connectivity index is 1.55. The van der Waals surface area contributed by atoms with Crippen molar-refractivity contribution in [1.29, 1.82) is 0 Å². The summed E-state index contributed by atoms with van der Waals surface area (Å²) >= 11 is 1.47. The van der Waals surface area contributed by atoms with Crippen LogP contribution in [0, 0.1) is 0 Å². The summed E-state index contributed by atoms with van der Waals surface area (Å²) in [6, 6.07) is 1.74. The third-order valence-corrected chi connectivity index (χ3v) is 4.71. The molecule has 0 radical (unpaired) electrons. The minimum Gasteiger partial charge on any atom is -0.332 e. The Kier molecular flexibility index (Phi) is 5.90. The average molecular weight is 371 g/mol. The molecule has 2 amide bonds. The topological polar surface area (TPSA) is 97.6 Å². The van der Waals surface area contributed by atoms with E-state index in [2.05, 4.69) is 44.5 Å². The highest BCUT2D eigenvalue weighted by molar-refractivity contribution is 7.13. The van der Waals surface area contributed by atoms with Crippen molar-refractivity contribution in [2.45, 2.75) is 39.3 Å². The van der Waals surface area contributed by atoms with Crippen LogP contribution in [-0.4, -0.2) is 30.8 Å². The number of aromatic nitrogens is 5. The van der Waals surface area contributed by atoms with Gasteiger partial charge in [-0.15, -0.1) is 11.3 Å². The summed E-state index contributed by atoms with van der Waals surface area (Å²) < 4.78 is 1.83. The summed E-state index contributed by atoms with van der Waals surface area (Å²) in [6.07, 6.45) is 8.67. The number of carbonyl (C=O) groups excluding carboxylic acids is 1. The van der Waals surface area contributed by atoms with Crippen molar-refractivity contribution in [3.05, 3.63) is 41.9 Å². The molecule has 136 valence electrons. The molecule has 0 spiro atoms. The Bertz CT molecular complexity index is 846. The zero-order valence-corrected chi connectivity index (χ0v) is 15.5. The lowest BCUT2D eigenvalue weighted by atomic mass is 10.2. The molecular weight excluding hydrogens is 350 g/mol. The van der Waals surface area contributed by atoms with E-state index in [1.165, 1.54) is 11.3 Å². The van der Waals surface area contributed by atoms with Crippen LogP contribution in [0.25, 0.3) is 10.7 Å². The van der Waals surface area contributed by atoms with Crippen LogP contribution in [-0.2, 0) is 6.54 Å². The van der Waals surface area contributed by atoms with Crippen molar-refractivity contribution >= 4 is 23.2 Å². The maximum absolute atomic E-state index is 12.2. The molecule has 3 aromatic rings. The van der Waals surface area contributed by atoms with Gasteiger partial charge in [0.05, 0.1) is 30.7 Å². The maximum atomic E-state index is 12.2. The van der Waals surface area contributed by atoms with Gasteiger partial charge < -0.3 is 5.32 Å². The number of urea groups is 1. The van der Waals surface area contributed by atoms with Crippen molar-refractivity contribution < 1.29 is 4.79 Å². The molecule has 3 rings (SSSR count). The van der Waals surface area contributed by atoms with Crippen molar-refractivity contribution in [2.24, 2.45) is 0 Å². The molecule has 8 nitrogen and oxygen atoms in total. The van der Waals surface area contributed by atoms with Gasteiger partial charge in [-0.25, -0.2) is 14.5 Å². The fraction of sp³-hybridized carbons (Fsp3) is 0.353. The van der Waals surface area contributed by atoms with Crippen molar-refractivity contribution in [3.8, 4) is 10.7 Å². The van der Waals surface area contributed by atoms with Crippen LogP contribution < -0.4 is 10.6 Å². The first kappa shape index (κ1) is 18.0. The molecule has 0 aliphatic heterocycles. The molecule has 3 aromatic heterocycles. The minimum absolute atomic E-state index is 0.235. The van der Waals surface area contributed by atoms with Crippen LogP contribution >= 0.6 is 11.3 Å². The molecule has 0 aliphatic rings. The number of carbonyl (C=O) groups is 1. The Labute approximate surface area is 155 Å². The predicted molar refractivity (Wildman–Crippen MR) is 101 cm³/mol.